The highest BCUT2D eigenvalue weighted by Gasteiger charge is 2.35. The average molecular weight is 252 g/mol. The summed E-state index contributed by atoms with van der Waals surface area (Å²) < 4.78 is 0. The lowest BCUT2D eigenvalue weighted by molar-refractivity contribution is -0.120. The van der Waals surface area contributed by atoms with Gasteiger partial charge in [-0.15, -0.1) is 0 Å². The molecule has 106 valence electrons. The number of hydrogen-bond acceptors (Lipinski definition) is 1. The number of aldehydes is 1. The molecule has 2 atom stereocenters. The second-order valence-corrected chi connectivity index (χ2v) is 6.18. The molecule has 0 aromatic heterocycles. The van der Waals surface area contributed by atoms with Crippen LogP contribution in [0.5, 0.6) is 0 Å². The third-order valence-corrected chi connectivity index (χ3v) is 5.14. The Labute approximate surface area is 114 Å². The molecule has 0 heterocycles. The van der Waals surface area contributed by atoms with Gasteiger partial charge >= 0.3 is 0 Å². The van der Waals surface area contributed by atoms with Gasteiger partial charge in [0.15, 0.2) is 0 Å². The summed E-state index contributed by atoms with van der Waals surface area (Å²) in [6, 6.07) is 0. The number of carbonyl (C=O) groups excluding carboxylic acids is 1. The maximum atomic E-state index is 11.7. The first kappa shape index (κ1) is 15.7. The van der Waals surface area contributed by atoms with E-state index in [1.54, 1.807) is 0 Å². The van der Waals surface area contributed by atoms with Crippen LogP contribution in [0.15, 0.2) is 0 Å². The summed E-state index contributed by atoms with van der Waals surface area (Å²) in [6.07, 6.45) is 16.8. The van der Waals surface area contributed by atoms with Crippen LogP contribution in [0.2, 0.25) is 0 Å². The van der Waals surface area contributed by atoms with Crippen molar-refractivity contribution < 1.29 is 4.79 Å². The summed E-state index contributed by atoms with van der Waals surface area (Å²) in [4.78, 5) is 11.7. The molecule has 2 unspecified atom stereocenters. The van der Waals surface area contributed by atoms with E-state index in [9.17, 15) is 4.79 Å². The van der Waals surface area contributed by atoms with E-state index in [1.807, 2.05) is 0 Å². The normalized spacial score (nSPS) is 32.2. The molecule has 0 N–H and O–H groups in total. The molecule has 0 aromatic rings. The van der Waals surface area contributed by atoms with Gasteiger partial charge in [0.05, 0.1) is 0 Å². The molecule has 1 saturated carbocycles. The van der Waals surface area contributed by atoms with Crippen molar-refractivity contribution in [3.63, 3.8) is 0 Å². The van der Waals surface area contributed by atoms with Crippen molar-refractivity contribution >= 4 is 6.29 Å². The number of rotatable bonds is 3. The molecule has 1 rings (SSSR count). The molecule has 0 spiro atoms. The molecule has 0 aromatic carbocycles. The lowest BCUT2D eigenvalue weighted by Gasteiger charge is -2.36. The number of carbonyl (C=O) groups is 1. The molecular weight excluding hydrogens is 220 g/mol. The average Bonchev–Trinajstić information content (AvgIpc) is 2.40. The van der Waals surface area contributed by atoms with Crippen LogP contribution in [-0.4, -0.2) is 6.29 Å². The van der Waals surface area contributed by atoms with E-state index in [-0.39, 0.29) is 5.41 Å². The van der Waals surface area contributed by atoms with Gasteiger partial charge in [0.2, 0.25) is 0 Å². The third-order valence-electron chi connectivity index (χ3n) is 5.14. The Morgan fingerprint density at radius 2 is 1.50 bits per heavy atom. The van der Waals surface area contributed by atoms with Crippen molar-refractivity contribution in [2.75, 3.05) is 0 Å². The van der Waals surface area contributed by atoms with E-state index < -0.39 is 0 Å². The van der Waals surface area contributed by atoms with Gasteiger partial charge in [-0.2, -0.15) is 0 Å². The highest BCUT2D eigenvalue weighted by molar-refractivity contribution is 5.59. The van der Waals surface area contributed by atoms with Gasteiger partial charge in [-0.3, -0.25) is 0 Å². The largest absolute Gasteiger partial charge is 0.303 e. The molecule has 0 amide bonds. The first-order chi connectivity index (χ1) is 8.79. The topological polar surface area (TPSA) is 17.1 Å². The van der Waals surface area contributed by atoms with Crippen molar-refractivity contribution in [3.8, 4) is 0 Å². The van der Waals surface area contributed by atoms with Crippen LogP contribution in [0.1, 0.15) is 90.9 Å². The maximum Gasteiger partial charge on any atom is 0.126 e. The zero-order valence-corrected chi connectivity index (χ0v) is 12.5. The fourth-order valence-electron chi connectivity index (χ4n) is 3.71. The van der Waals surface area contributed by atoms with E-state index in [2.05, 4.69) is 13.8 Å². The standard InChI is InChI=1S/C17H32O/c1-3-16-13-11-9-7-5-6-8-10-12-14-17(16,4-2)15-18/h15-16H,3-14H2,1-2H3. The van der Waals surface area contributed by atoms with Crippen molar-refractivity contribution in [1.29, 1.82) is 0 Å². The fourth-order valence-corrected chi connectivity index (χ4v) is 3.71. The lowest BCUT2D eigenvalue weighted by atomic mass is 9.68. The minimum absolute atomic E-state index is 0.00600. The maximum absolute atomic E-state index is 11.7. The van der Waals surface area contributed by atoms with Crippen molar-refractivity contribution in [1.82, 2.24) is 0 Å². The summed E-state index contributed by atoms with van der Waals surface area (Å²) in [5.74, 6) is 0.624. The summed E-state index contributed by atoms with van der Waals surface area (Å²) in [7, 11) is 0. The molecule has 1 fully saturated rings. The molecule has 1 aliphatic carbocycles. The summed E-state index contributed by atoms with van der Waals surface area (Å²) in [6.45, 7) is 4.48. The zero-order valence-electron chi connectivity index (χ0n) is 12.5. The second kappa shape index (κ2) is 8.72. The molecule has 1 heteroatoms. The Morgan fingerprint density at radius 3 is 2.00 bits per heavy atom. The molecule has 0 aliphatic heterocycles. The van der Waals surface area contributed by atoms with E-state index >= 15 is 0 Å². The Kier molecular flexibility index (Phi) is 7.62. The monoisotopic (exact) mass is 252 g/mol. The van der Waals surface area contributed by atoms with Gasteiger partial charge in [-0.05, 0) is 25.2 Å². The van der Waals surface area contributed by atoms with Crippen LogP contribution >= 0.6 is 0 Å². The van der Waals surface area contributed by atoms with E-state index in [1.165, 1.54) is 70.5 Å². The van der Waals surface area contributed by atoms with Gasteiger partial charge in [0.25, 0.3) is 0 Å². The van der Waals surface area contributed by atoms with Crippen LogP contribution in [0.3, 0.4) is 0 Å². The van der Waals surface area contributed by atoms with Gasteiger partial charge in [-0.1, -0.05) is 71.6 Å². The SMILES string of the molecule is CCC1CCCCCCCCCCC1(C=O)CC. The zero-order chi connectivity index (χ0) is 13.3. The molecular formula is C17H32O. The second-order valence-electron chi connectivity index (χ2n) is 6.18. The van der Waals surface area contributed by atoms with Crippen LogP contribution in [-0.2, 0) is 4.79 Å². The quantitative estimate of drug-likeness (QED) is 0.604. The van der Waals surface area contributed by atoms with Crippen molar-refractivity contribution in [2.45, 2.75) is 90.9 Å². The molecule has 1 nitrogen and oxygen atoms in total. The Bertz CT molecular complexity index is 224. The van der Waals surface area contributed by atoms with Crippen LogP contribution in [0.25, 0.3) is 0 Å². The molecule has 0 bridgehead atoms. The molecule has 0 saturated heterocycles. The van der Waals surface area contributed by atoms with Gasteiger partial charge in [-0.25, -0.2) is 0 Å². The van der Waals surface area contributed by atoms with E-state index in [0.717, 1.165) is 12.8 Å². The first-order valence-electron chi connectivity index (χ1n) is 8.25. The minimum atomic E-state index is -0.00600. The van der Waals surface area contributed by atoms with Crippen LogP contribution in [0, 0.1) is 11.3 Å². The van der Waals surface area contributed by atoms with E-state index in [4.69, 9.17) is 0 Å². The first-order valence-corrected chi connectivity index (χ1v) is 8.25. The van der Waals surface area contributed by atoms with Crippen LogP contribution < -0.4 is 0 Å². The highest BCUT2D eigenvalue weighted by Crippen LogP contribution is 2.40. The van der Waals surface area contributed by atoms with Gasteiger partial charge in [0, 0.05) is 5.41 Å². The summed E-state index contributed by atoms with van der Waals surface area (Å²) >= 11 is 0. The van der Waals surface area contributed by atoms with E-state index in [0.29, 0.717) is 5.92 Å². The Morgan fingerprint density at radius 1 is 0.944 bits per heavy atom. The predicted octanol–water partition coefficient (Wildman–Crippen LogP) is 5.52. The van der Waals surface area contributed by atoms with Crippen LogP contribution in [0.4, 0.5) is 0 Å². The minimum Gasteiger partial charge on any atom is -0.303 e. The lowest BCUT2D eigenvalue weighted by Crippen LogP contribution is -2.31. The summed E-state index contributed by atoms with van der Waals surface area (Å²) in [5.41, 5.74) is -0.00600. The van der Waals surface area contributed by atoms with Crippen molar-refractivity contribution in [2.24, 2.45) is 11.3 Å². The summed E-state index contributed by atoms with van der Waals surface area (Å²) in [5, 5.41) is 0. The Hall–Kier alpha value is -0.330. The molecule has 18 heavy (non-hydrogen) atoms. The third kappa shape index (κ3) is 4.40. The van der Waals surface area contributed by atoms with Gasteiger partial charge < -0.3 is 4.79 Å². The Balaban J connectivity index is 2.68. The predicted molar refractivity (Wildman–Crippen MR) is 78.7 cm³/mol. The molecule has 0 radical (unpaired) electrons. The van der Waals surface area contributed by atoms with Gasteiger partial charge in [0.1, 0.15) is 6.29 Å². The van der Waals surface area contributed by atoms with Crippen molar-refractivity contribution in [3.05, 3.63) is 0 Å². The smallest absolute Gasteiger partial charge is 0.126 e. The highest BCUT2D eigenvalue weighted by atomic mass is 16.1. The fraction of sp³-hybridized carbons (Fsp3) is 0.941. The number of hydrogen-bond donors (Lipinski definition) is 0. The molecule has 1 aliphatic rings.